The van der Waals surface area contributed by atoms with E-state index in [1.54, 1.807) is 6.07 Å². The summed E-state index contributed by atoms with van der Waals surface area (Å²) in [6.07, 6.45) is 7.20. The third-order valence-electron chi connectivity index (χ3n) is 6.53. The number of rotatable bonds is 3. The van der Waals surface area contributed by atoms with E-state index in [2.05, 4.69) is 9.88 Å². The van der Waals surface area contributed by atoms with Gasteiger partial charge in [0.15, 0.2) is 0 Å². The number of aromatic amines is 1. The molecule has 2 saturated carbocycles. The van der Waals surface area contributed by atoms with Crippen molar-refractivity contribution in [1.82, 2.24) is 9.88 Å². The number of H-pyrrole nitrogens is 1. The van der Waals surface area contributed by atoms with Crippen LogP contribution in [0.4, 0.5) is 4.39 Å². The first-order valence-electron chi connectivity index (χ1n) is 9.30. The van der Waals surface area contributed by atoms with Crippen molar-refractivity contribution in [1.29, 1.82) is 0 Å². The molecule has 2 aliphatic carbocycles. The van der Waals surface area contributed by atoms with Crippen LogP contribution in [0.15, 0.2) is 24.4 Å². The topological polar surface area (TPSA) is 56.3 Å². The van der Waals surface area contributed by atoms with Gasteiger partial charge in [-0.2, -0.15) is 0 Å². The molecule has 1 aromatic carbocycles. The Labute approximate surface area is 146 Å². The lowest BCUT2D eigenvalue weighted by Gasteiger charge is -2.59. The van der Waals surface area contributed by atoms with Gasteiger partial charge >= 0.3 is 0 Å². The zero-order valence-corrected chi connectivity index (χ0v) is 14.2. The molecule has 2 aliphatic heterocycles. The van der Waals surface area contributed by atoms with Crippen LogP contribution in [0.1, 0.15) is 44.1 Å². The Morgan fingerprint density at radius 2 is 2.04 bits per heavy atom. The number of aryl methyl sites for hydroxylation is 1. The van der Waals surface area contributed by atoms with Gasteiger partial charge in [-0.1, -0.05) is 6.07 Å². The Bertz CT molecular complexity index is 829. The Morgan fingerprint density at radius 1 is 1.28 bits per heavy atom. The second-order valence-electron chi connectivity index (χ2n) is 8.26. The molecule has 0 spiro atoms. The van der Waals surface area contributed by atoms with Crippen molar-refractivity contribution in [3.63, 3.8) is 0 Å². The number of benzene rings is 1. The Morgan fingerprint density at radius 3 is 2.76 bits per heavy atom. The number of aromatic nitrogens is 1. The van der Waals surface area contributed by atoms with Crippen molar-refractivity contribution in [3.05, 3.63) is 35.8 Å². The van der Waals surface area contributed by atoms with Crippen LogP contribution in [0.3, 0.4) is 0 Å². The van der Waals surface area contributed by atoms with Crippen LogP contribution >= 0.6 is 0 Å². The first kappa shape index (κ1) is 15.4. The zero-order chi connectivity index (χ0) is 17.2. The summed E-state index contributed by atoms with van der Waals surface area (Å²) < 4.78 is 14.1. The van der Waals surface area contributed by atoms with Crippen LogP contribution in [0.5, 0.6) is 0 Å². The SMILES string of the molecule is O=C(CCc1c[nH]c2cccc(F)c12)N1C2CC3CC1CC(O)(C3)C2. The van der Waals surface area contributed by atoms with E-state index < -0.39 is 5.60 Å². The van der Waals surface area contributed by atoms with Gasteiger partial charge in [-0.15, -0.1) is 0 Å². The summed E-state index contributed by atoms with van der Waals surface area (Å²) >= 11 is 0. The highest BCUT2D eigenvalue weighted by molar-refractivity contribution is 5.85. The lowest BCUT2D eigenvalue weighted by Crippen LogP contribution is -2.65. The van der Waals surface area contributed by atoms with E-state index >= 15 is 0 Å². The summed E-state index contributed by atoms with van der Waals surface area (Å²) in [4.78, 5) is 18.0. The monoisotopic (exact) mass is 342 g/mol. The van der Waals surface area contributed by atoms with E-state index in [-0.39, 0.29) is 23.8 Å². The zero-order valence-electron chi connectivity index (χ0n) is 14.2. The number of hydrogen-bond acceptors (Lipinski definition) is 2. The van der Waals surface area contributed by atoms with Gasteiger partial charge in [-0.3, -0.25) is 4.79 Å². The molecule has 4 aliphatic rings. The number of carbonyl (C=O) groups is 1. The fourth-order valence-electron chi connectivity index (χ4n) is 5.77. The molecule has 2 unspecified atom stereocenters. The molecular formula is C20H23FN2O2. The van der Waals surface area contributed by atoms with Gasteiger partial charge in [-0.05, 0) is 62.1 Å². The Hall–Kier alpha value is -1.88. The van der Waals surface area contributed by atoms with Crippen LogP contribution in [-0.4, -0.2) is 38.6 Å². The molecule has 4 fully saturated rings. The van der Waals surface area contributed by atoms with Crippen LogP contribution < -0.4 is 0 Å². The number of nitrogens with zero attached hydrogens (tertiary/aromatic N) is 1. The molecule has 25 heavy (non-hydrogen) atoms. The number of hydrogen-bond donors (Lipinski definition) is 2. The van der Waals surface area contributed by atoms with E-state index in [9.17, 15) is 14.3 Å². The normalized spacial score (nSPS) is 33.4. The average molecular weight is 342 g/mol. The molecule has 4 nitrogen and oxygen atoms in total. The van der Waals surface area contributed by atoms with Crippen molar-refractivity contribution in [2.75, 3.05) is 0 Å². The first-order valence-corrected chi connectivity index (χ1v) is 9.30. The molecule has 2 N–H and O–H groups in total. The maximum absolute atomic E-state index is 14.1. The number of halogens is 1. The predicted molar refractivity (Wildman–Crippen MR) is 92.5 cm³/mol. The van der Waals surface area contributed by atoms with Gasteiger partial charge in [0.05, 0.1) is 5.60 Å². The van der Waals surface area contributed by atoms with Gasteiger partial charge < -0.3 is 15.0 Å². The van der Waals surface area contributed by atoms with Gasteiger partial charge in [0.25, 0.3) is 0 Å². The second-order valence-corrected chi connectivity index (χ2v) is 8.26. The van der Waals surface area contributed by atoms with E-state index in [4.69, 9.17) is 0 Å². The molecule has 0 radical (unpaired) electrons. The minimum absolute atomic E-state index is 0.156. The van der Waals surface area contributed by atoms with Crippen LogP contribution in [0.2, 0.25) is 0 Å². The number of amides is 1. The number of piperidine rings is 2. The van der Waals surface area contributed by atoms with Crippen LogP contribution in [0, 0.1) is 11.7 Å². The summed E-state index contributed by atoms with van der Waals surface area (Å²) in [7, 11) is 0. The van der Waals surface area contributed by atoms with Crippen LogP contribution in [-0.2, 0) is 11.2 Å². The number of carbonyl (C=O) groups excluding carboxylic acids is 1. The number of nitrogens with one attached hydrogen (secondary N) is 1. The molecule has 4 bridgehead atoms. The summed E-state index contributed by atoms with van der Waals surface area (Å²) in [5.41, 5.74) is 1.11. The summed E-state index contributed by atoms with van der Waals surface area (Å²) in [5, 5.41) is 11.2. The van der Waals surface area contributed by atoms with Crippen molar-refractivity contribution in [2.24, 2.45) is 5.92 Å². The highest BCUT2D eigenvalue weighted by atomic mass is 19.1. The summed E-state index contributed by atoms with van der Waals surface area (Å²) in [6.45, 7) is 0. The van der Waals surface area contributed by atoms with Gasteiger partial charge in [-0.25, -0.2) is 4.39 Å². The van der Waals surface area contributed by atoms with Gasteiger partial charge in [0, 0.05) is 35.6 Å². The lowest BCUT2D eigenvalue weighted by atomic mass is 9.61. The molecule has 5 heteroatoms. The minimum Gasteiger partial charge on any atom is -0.390 e. The predicted octanol–water partition coefficient (Wildman–Crippen LogP) is 3.14. The standard InChI is InChI=1S/C20H23FN2O2/c21-16-2-1-3-17-19(16)13(11-22-17)4-5-18(24)23-14-6-12-7-15(23)10-20(25,8-12)9-14/h1-3,11-12,14-15,22,25H,4-10H2. The largest absolute Gasteiger partial charge is 0.390 e. The van der Waals surface area contributed by atoms with Crippen molar-refractivity contribution in [3.8, 4) is 0 Å². The minimum atomic E-state index is -0.534. The third-order valence-corrected chi connectivity index (χ3v) is 6.53. The quantitative estimate of drug-likeness (QED) is 0.900. The molecule has 6 rings (SSSR count). The molecule has 132 valence electrons. The second kappa shape index (κ2) is 5.31. The van der Waals surface area contributed by atoms with E-state index in [1.807, 2.05) is 12.3 Å². The molecule has 2 aromatic rings. The maximum atomic E-state index is 14.1. The molecule has 2 saturated heterocycles. The van der Waals surface area contributed by atoms with Gasteiger partial charge in [0.2, 0.25) is 5.91 Å². The average Bonchev–Trinajstić information content (AvgIpc) is 2.95. The maximum Gasteiger partial charge on any atom is 0.223 e. The van der Waals surface area contributed by atoms with Crippen LogP contribution in [0.25, 0.3) is 10.9 Å². The van der Waals surface area contributed by atoms with Crippen molar-refractivity contribution >= 4 is 16.8 Å². The molecule has 1 amide bonds. The highest BCUT2D eigenvalue weighted by Crippen LogP contribution is 2.51. The molecule has 3 heterocycles. The highest BCUT2D eigenvalue weighted by Gasteiger charge is 2.54. The molecular weight excluding hydrogens is 319 g/mol. The molecule has 1 aromatic heterocycles. The number of aliphatic hydroxyl groups is 1. The van der Waals surface area contributed by atoms with E-state index in [1.165, 1.54) is 6.07 Å². The summed E-state index contributed by atoms with van der Waals surface area (Å²) in [5.74, 6) is 0.496. The Kier molecular flexibility index (Phi) is 3.26. The summed E-state index contributed by atoms with van der Waals surface area (Å²) in [6, 6.07) is 5.40. The van der Waals surface area contributed by atoms with Gasteiger partial charge in [0.1, 0.15) is 5.82 Å². The molecule has 2 atom stereocenters. The fourth-order valence-corrected chi connectivity index (χ4v) is 5.77. The lowest BCUT2D eigenvalue weighted by molar-refractivity contribution is -0.174. The fraction of sp³-hybridized carbons (Fsp3) is 0.550. The smallest absolute Gasteiger partial charge is 0.223 e. The van der Waals surface area contributed by atoms with E-state index in [0.29, 0.717) is 24.1 Å². The third kappa shape index (κ3) is 2.40. The van der Waals surface area contributed by atoms with Crippen molar-refractivity contribution < 1.29 is 14.3 Å². The van der Waals surface area contributed by atoms with E-state index in [0.717, 1.165) is 43.2 Å². The number of fused-ring (bicyclic) bond motifs is 1. The Balaban J connectivity index is 1.33. The first-order chi connectivity index (χ1) is 12.0. The van der Waals surface area contributed by atoms with Crippen molar-refractivity contribution in [2.45, 2.75) is 62.6 Å².